The van der Waals surface area contributed by atoms with Crippen molar-refractivity contribution in [2.75, 3.05) is 0 Å². The Morgan fingerprint density at radius 3 is 2.10 bits per heavy atom. The molecule has 0 fully saturated rings. The normalized spacial score (nSPS) is 12.4. The number of thiocarbonyl (C=S) groups is 1. The van der Waals surface area contributed by atoms with Crippen molar-refractivity contribution < 1.29 is 0 Å². The maximum Gasteiger partial charge on any atom is 0.0997 e. The van der Waals surface area contributed by atoms with Crippen LogP contribution in [0.5, 0.6) is 0 Å². The molecule has 54 valence electrons. The number of hydrogen-bond donors (Lipinski definition) is 0. The second-order valence-corrected chi connectivity index (χ2v) is 3.43. The fraction of sp³-hybridized carbons (Fsp3) is 0.500. The van der Waals surface area contributed by atoms with E-state index >= 15 is 0 Å². The molecule has 0 saturated carbocycles. The minimum Gasteiger partial charge on any atom is -0.192 e. The van der Waals surface area contributed by atoms with Crippen molar-refractivity contribution >= 4 is 17.6 Å². The van der Waals surface area contributed by atoms with E-state index in [0.717, 1.165) is 0 Å². The van der Waals surface area contributed by atoms with Crippen LogP contribution >= 0.6 is 12.2 Å². The summed E-state index contributed by atoms with van der Waals surface area (Å²) in [6.45, 7) is 6.09. The quantitative estimate of drug-likeness (QED) is 0.328. The molecule has 0 heterocycles. The summed E-state index contributed by atoms with van der Waals surface area (Å²) in [6, 6.07) is 2.01. The topological polar surface area (TPSA) is 23.8 Å². The summed E-state index contributed by atoms with van der Waals surface area (Å²) in [6.07, 6.45) is 1.86. The van der Waals surface area contributed by atoms with Crippen LogP contribution in [-0.2, 0) is 0 Å². The molecule has 0 atom stereocenters. The first kappa shape index (κ1) is 9.32. The molecule has 1 nitrogen and oxygen atoms in total. The van der Waals surface area contributed by atoms with Crippen molar-refractivity contribution in [3.63, 3.8) is 0 Å². The van der Waals surface area contributed by atoms with E-state index in [4.69, 9.17) is 5.26 Å². The second kappa shape index (κ2) is 3.48. The molecule has 2 heteroatoms. The average Bonchev–Trinajstić information content (AvgIpc) is 1.81. The van der Waals surface area contributed by atoms with Gasteiger partial charge in [0.15, 0.2) is 0 Å². The van der Waals surface area contributed by atoms with E-state index in [9.17, 15) is 0 Å². The number of rotatable bonds is 1. The lowest BCUT2D eigenvalue weighted by atomic mass is 9.94. The van der Waals surface area contributed by atoms with Gasteiger partial charge >= 0.3 is 0 Å². The fourth-order valence-electron chi connectivity index (χ4n) is 0.559. The lowest BCUT2D eigenvalue weighted by Crippen LogP contribution is -2.00. The van der Waals surface area contributed by atoms with Crippen molar-refractivity contribution in [2.45, 2.75) is 20.8 Å². The monoisotopic (exact) mass is 153 g/mol. The Bertz CT molecular complexity index is 190. The Hall–Kier alpha value is -0.680. The first-order chi connectivity index (χ1) is 4.49. The highest BCUT2D eigenvalue weighted by molar-refractivity contribution is 7.79. The Morgan fingerprint density at radius 2 is 2.00 bits per heavy atom. The van der Waals surface area contributed by atoms with E-state index in [1.807, 2.05) is 32.9 Å². The van der Waals surface area contributed by atoms with Crippen molar-refractivity contribution in [3.8, 4) is 6.07 Å². The van der Waals surface area contributed by atoms with Crippen molar-refractivity contribution in [3.05, 3.63) is 11.6 Å². The smallest absolute Gasteiger partial charge is 0.0997 e. The highest BCUT2D eigenvalue weighted by atomic mass is 32.1. The molecule has 0 aromatic rings. The fourth-order valence-corrected chi connectivity index (χ4v) is 0.680. The zero-order chi connectivity index (χ0) is 8.20. The lowest BCUT2D eigenvalue weighted by Gasteiger charge is -2.10. The van der Waals surface area contributed by atoms with E-state index in [-0.39, 0.29) is 5.41 Å². The van der Waals surface area contributed by atoms with Crippen LogP contribution in [0.15, 0.2) is 11.6 Å². The molecule has 0 aromatic heterocycles. The number of nitriles is 1. The molecule has 0 aliphatic carbocycles. The third kappa shape index (κ3) is 4.22. The van der Waals surface area contributed by atoms with E-state index in [0.29, 0.717) is 5.57 Å². The highest BCUT2D eigenvalue weighted by Crippen LogP contribution is 2.16. The van der Waals surface area contributed by atoms with Gasteiger partial charge in [0.1, 0.15) is 0 Å². The van der Waals surface area contributed by atoms with Gasteiger partial charge in [-0.15, -0.1) is 0 Å². The van der Waals surface area contributed by atoms with Crippen LogP contribution in [0.4, 0.5) is 0 Å². The molecule has 0 aliphatic rings. The summed E-state index contributed by atoms with van der Waals surface area (Å²) < 4.78 is 0. The van der Waals surface area contributed by atoms with Gasteiger partial charge < -0.3 is 0 Å². The minimum atomic E-state index is 0.0420. The van der Waals surface area contributed by atoms with E-state index < -0.39 is 0 Å². The van der Waals surface area contributed by atoms with Gasteiger partial charge in [0, 0.05) is 5.37 Å². The molecule has 0 bridgehead atoms. The van der Waals surface area contributed by atoms with Gasteiger partial charge in [0.05, 0.1) is 11.6 Å². The van der Waals surface area contributed by atoms with Crippen LogP contribution in [0.2, 0.25) is 0 Å². The van der Waals surface area contributed by atoms with Crippen LogP contribution in [0.3, 0.4) is 0 Å². The summed E-state index contributed by atoms with van der Waals surface area (Å²) in [7, 11) is 0. The molecule has 0 radical (unpaired) electrons. The molecule has 0 N–H and O–H groups in total. The molecule has 0 saturated heterocycles. The molecule has 0 aromatic carbocycles. The Labute approximate surface area is 67.4 Å². The first-order valence-electron chi connectivity index (χ1n) is 3.08. The molecular weight excluding hydrogens is 142 g/mol. The minimum absolute atomic E-state index is 0.0420. The standard InChI is InChI=1S/C8H11NS/c1-8(2,3)4-7(5-9)6-10/h4,6H,1-3H3/b7-4+. The van der Waals surface area contributed by atoms with E-state index in [2.05, 4.69) is 12.2 Å². The molecular formula is C8H11NS. The summed E-state index contributed by atoms with van der Waals surface area (Å²) in [4.78, 5) is 0. The third-order valence-corrected chi connectivity index (χ3v) is 1.10. The van der Waals surface area contributed by atoms with Gasteiger partial charge in [0.25, 0.3) is 0 Å². The highest BCUT2D eigenvalue weighted by Gasteiger charge is 2.06. The Morgan fingerprint density at radius 1 is 1.50 bits per heavy atom. The molecule has 0 unspecified atom stereocenters. The van der Waals surface area contributed by atoms with Gasteiger partial charge in [-0.25, -0.2) is 0 Å². The third-order valence-electron chi connectivity index (χ3n) is 0.845. The van der Waals surface area contributed by atoms with Gasteiger partial charge in [-0.2, -0.15) is 5.26 Å². The summed E-state index contributed by atoms with van der Waals surface area (Å²) in [5.74, 6) is 0. The Kier molecular flexibility index (Phi) is 3.24. The molecule has 10 heavy (non-hydrogen) atoms. The summed E-state index contributed by atoms with van der Waals surface area (Å²) >= 11 is 4.62. The summed E-state index contributed by atoms with van der Waals surface area (Å²) in [5.41, 5.74) is 0.614. The molecule has 0 aliphatic heterocycles. The van der Waals surface area contributed by atoms with Crippen LogP contribution in [0.25, 0.3) is 0 Å². The van der Waals surface area contributed by atoms with Crippen LogP contribution in [0.1, 0.15) is 20.8 Å². The maximum absolute atomic E-state index is 8.47. The number of nitrogens with zero attached hydrogens (tertiary/aromatic N) is 1. The largest absolute Gasteiger partial charge is 0.192 e. The van der Waals surface area contributed by atoms with Crippen LogP contribution in [-0.4, -0.2) is 5.37 Å². The van der Waals surface area contributed by atoms with E-state index in [1.54, 1.807) is 0 Å². The van der Waals surface area contributed by atoms with Crippen molar-refractivity contribution in [1.82, 2.24) is 0 Å². The number of allylic oxidation sites excluding steroid dienone is 2. The first-order valence-corrected chi connectivity index (χ1v) is 3.55. The predicted molar refractivity (Wildman–Crippen MR) is 46.8 cm³/mol. The zero-order valence-corrected chi connectivity index (χ0v) is 7.33. The molecule has 0 amide bonds. The predicted octanol–water partition coefficient (Wildman–Crippen LogP) is 2.48. The van der Waals surface area contributed by atoms with Crippen LogP contribution in [0, 0.1) is 16.7 Å². The van der Waals surface area contributed by atoms with Crippen molar-refractivity contribution in [1.29, 1.82) is 5.26 Å². The lowest BCUT2D eigenvalue weighted by molar-refractivity contribution is 0.543. The SMILES string of the molecule is CC(C)(C)/C=C(\C#N)C=S. The number of hydrogen-bond acceptors (Lipinski definition) is 2. The van der Waals surface area contributed by atoms with Crippen LogP contribution < -0.4 is 0 Å². The maximum atomic E-state index is 8.47. The van der Waals surface area contributed by atoms with E-state index in [1.165, 1.54) is 5.37 Å². The molecule has 0 rings (SSSR count). The summed E-state index contributed by atoms with van der Waals surface area (Å²) in [5, 5.41) is 9.88. The van der Waals surface area contributed by atoms with Gasteiger partial charge in [0.2, 0.25) is 0 Å². The van der Waals surface area contributed by atoms with Gasteiger partial charge in [-0.1, -0.05) is 39.1 Å². The van der Waals surface area contributed by atoms with Crippen molar-refractivity contribution in [2.24, 2.45) is 5.41 Å². The zero-order valence-electron chi connectivity index (χ0n) is 6.51. The van der Waals surface area contributed by atoms with Gasteiger partial charge in [-0.05, 0) is 5.41 Å². The Balaban J connectivity index is 4.45. The van der Waals surface area contributed by atoms with Gasteiger partial charge in [-0.3, -0.25) is 0 Å². The molecule has 0 spiro atoms. The second-order valence-electron chi connectivity index (χ2n) is 3.20. The average molecular weight is 153 g/mol.